The van der Waals surface area contributed by atoms with E-state index in [2.05, 4.69) is 10.3 Å². The Morgan fingerprint density at radius 3 is 2.32 bits per heavy atom. The van der Waals surface area contributed by atoms with Crippen molar-refractivity contribution < 1.29 is 13.2 Å². The minimum absolute atomic E-state index is 0.0168. The zero-order chi connectivity index (χ0) is 20.6. The van der Waals surface area contributed by atoms with Gasteiger partial charge in [0.2, 0.25) is 0 Å². The molecule has 2 aromatic rings. The first kappa shape index (κ1) is 21.8. The lowest BCUT2D eigenvalue weighted by Crippen LogP contribution is -2.46. The summed E-state index contributed by atoms with van der Waals surface area (Å²) in [7, 11) is 1.90. The Labute approximate surface area is 168 Å². The fourth-order valence-corrected chi connectivity index (χ4v) is 4.47. The van der Waals surface area contributed by atoms with Crippen molar-refractivity contribution in [2.75, 3.05) is 27.0 Å². The second kappa shape index (κ2) is 10.1. The molecule has 7 heteroatoms. The quantitative estimate of drug-likeness (QED) is 0.542. The van der Waals surface area contributed by atoms with Crippen LogP contribution in [-0.2, 0) is 16.4 Å². The monoisotopic (exact) mass is 403 g/mol. The Morgan fingerprint density at radius 1 is 1.14 bits per heavy atom. The SMILES string of the molecule is CCC(CS(=O)(=O)c1ccccc1)NC(=NC)N(C)Cc1ccc(OC)cc1. The van der Waals surface area contributed by atoms with E-state index >= 15 is 0 Å². The van der Waals surface area contributed by atoms with E-state index in [-0.39, 0.29) is 11.8 Å². The standard InChI is InChI=1S/C21H29N3O3S/c1-5-18(16-28(25,26)20-9-7-6-8-10-20)23-21(22-2)24(3)15-17-11-13-19(27-4)14-12-17/h6-14,18H,5,15-16H2,1-4H3,(H,22,23). The lowest BCUT2D eigenvalue weighted by atomic mass is 10.2. The summed E-state index contributed by atoms with van der Waals surface area (Å²) < 4.78 is 30.6. The first-order chi connectivity index (χ1) is 13.4. The van der Waals surface area contributed by atoms with Crippen LogP contribution in [0.2, 0.25) is 0 Å². The summed E-state index contributed by atoms with van der Waals surface area (Å²) in [6, 6.07) is 16.2. The molecule has 0 amide bonds. The lowest BCUT2D eigenvalue weighted by molar-refractivity contribution is 0.414. The highest BCUT2D eigenvalue weighted by molar-refractivity contribution is 7.91. The van der Waals surface area contributed by atoms with Crippen molar-refractivity contribution in [3.05, 3.63) is 60.2 Å². The van der Waals surface area contributed by atoms with E-state index in [0.29, 0.717) is 23.8 Å². The van der Waals surface area contributed by atoms with E-state index in [1.807, 2.05) is 49.2 Å². The minimum atomic E-state index is -3.37. The van der Waals surface area contributed by atoms with Crippen molar-refractivity contribution in [2.45, 2.75) is 30.8 Å². The molecule has 152 valence electrons. The molecule has 0 aliphatic rings. The van der Waals surface area contributed by atoms with Crippen LogP contribution in [0.1, 0.15) is 18.9 Å². The molecule has 0 bridgehead atoms. The number of hydrogen-bond acceptors (Lipinski definition) is 4. The zero-order valence-corrected chi connectivity index (χ0v) is 17.7. The largest absolute Gasteiger partial charge is 0.497 e. The molecule has 0 heterocycles. The normalized spacial score (nSPS) is 13.1. The number of benzene rings is 2. The zero-order valence-electron chi connectivity index (χ0n) is 16.9. The number of guanidine groups is 1. The van der Waals surface area contributed by atoms with Gasteiger partial charge < -0.3 is 15.0 Å². The molecule has 0 fully saturated rings. The van der Waals surface area contributed by atoms with Crippen LogP contribution in [0.4, 0.5) is 0 Å². The van der Waals surface area contributed by atoms with Crippen molar-refractivity contribution in [3.8, 4) is 5.75 Å². The average Bonchev–Trinajstić information content (AvgIpc) is 2.72. The van der Waals surface area contributed by atoms with E-state index in [1.165, 1.54) is 0 Å². The summed E-state index contributed by atoms with van der Waals surface area (Å²) in [6.45, 7) is 2.61. The van der Waals surface area contributed by atoms with E-state index in [0.717, 1.165) is 11.3 Å². The van der Waals surface area contributed by atoms with Crippen LogP contribution in [0, 0.1) is 0 Å². The van der Waals surface area contributed by atoms with Gasteiger partial charge in [-0.05, 0) is 36.2 Å². The predicted octanol–water partition coefficient (Wildman–Crippen LogP) is 2.95. The molecular weight excluding hydrogens is 374 g/mol. The van der Waals surface area contributed by atoms with Crippen molar-refractivity contribution in [3.63, 3.8) is 0 Å². The van der Waals surface area contributed by atoms with Crippen LogP contribution in [0.3, 0.4) is 0 Å². The van der Waals surface area contributed by atoms with Gasteiger partial charge in [0.25, 0.3) is 0 Å². The molecule has 0 spiro atoms. The molecule has 0 aliphatic heterocycles. The Balaban J connectivity index is 2.04. The maximum absolute atomic E-state index is 12.7. The first-order valence-corrected chi connectivity index (χ1v) is 10.9. The van der Waals surface area contributed by atoms with E-state index in [9.17, 15) is 8.42 Å². The predicted molar refractivity (Wildman–Crippen MR) is 114 cm³/mol. The van der Waals surface area contributed by atoms with Crippen molar-refractivity contribution in [1.82, 2.24) is 10.2 Å². The first-order valence-electron chi connectivity index (χ1n) is 9.24. The number of rotatable bonds is 8. The van der Waals surface area contributed by atoms with Crippen LogP contribution in [0.25, 0.3) is 0 Å². The summed E-state index contributed by atoms with van der Waals surface area (Å²) in [5.74, 6) is 1.49. The second-order valence-electron chi connectivity index (χ2n) is 6.60. The number of nitrogens with zero attached hydrogens (tertiary/aromatic N) is 2. The molecule has 0 radical (unpaired) electrons. The van der Waals surface area contributed by atoms with Gasteiger partial charge in [-0.2, -0.15) is 0 Å². The van der Waals surface area contributed by atoms with E-state index < -0.39 is 9.84 Å². The number of methoxy groups -OCH3 is 1. The molecule has 2 aromatic carbocycles. The second-order valence-corrected chi connectivity index (χ2v) is 8.63. The highest BCUT2D eigenvalue weighted by atomic mass is 32.2. The molecule has 6 nitrogen and oxygen atoms in total. The van der Waals surface area contributed by atoms with E-state index in [1.54, 1.807) is 38.4 Å². The summed E-state index contributed by atoms with van der Waals surface area (Å²) in [5.41, 5.74) is 1.11. The van der Waals surface area contributed by atoms with Gasteiger partial charge in [-0.25, -0.2) is 8.42 Å². The Kier molecular flexibility index (Phi) is 7.87. The molecular formula is C21H29N3O3S. The number of hydrogen-bond donors (Lipinski definition) is 1. The van der Waals surface area contributed by atoms with Crippen LogP contribution >= 0.6 is 0 Å². The molecule has 1 unspecified atom stereocenters. The van der Waals surface area contributed by atoms with Gasteiger partial charge in [0.15, 0.2) is 15.8 Å². The molecule has 28 heavy (non-hydrogen) atoms. The van der Waals surface area contributed by atoms with Gasteiger partial charge in [0, 0.05) is 26.7 Å². The molecule has 0 saturated carbocycles. The van der Waals surface area contributed by atoms with Crippen molar-refractivity contribution in [1.29, 1.82) is 0 Å². The Morgan fingerprint density at radius 2 is 1.79 bits per heavy atom. The molecule has 0 saturated heterocycles. The van der Waals surface area contributed by atoms with Gasteiger partial charge >= 0.3 is 0 Å². The summed E-state index contributed by atoms with van der Waals surface area (Å²) >= 11 is 0. The number of ether oxygens (including phenoxy) is 1. The maximum Gasteiger partial charge on any atom is 0.193 e. The van der Waals surface area contributed by atoms with Gasteiger partial charge in [-0.15, -0.1) is 0 Å². The molecule has 1 N–H and O–H groups in total. The fraction of sp³-hybridized carbons (Fsp3) is 0.381. The highest BCUT2D eigenvalue weighted by Gasteiger charge is 2.22. The number of aliphatic imine (C=N–C) groups is 1. The summed E-state index contributed by atoms with van der Waals surface area (Å²) in [5, 5.41) is 3.29. The van der Waals surface area contributed by atoms with Gasteiger partial charge in [-0.1, -0.05) is 37.3 Å². The molecule has 0 aromatic heterocycles. The number of sulfone groups is 1. The fourth-order valence-electron chi connectivity index (χ4n) is 2.86. The van der Waals surface area contributed by atoms with Crippen LogP contribution < -0.4 is 10.1 Å². The van der Waals surface area contributed by atoms with Gasteiger partial charge in [0.05, 0.1) is 17.8 Å². The third-order valence-corrected chi connectivity index (χ3v) is 6.33. The maximum atomic E-state index is 12.7. The highest BCUT2D eigenvalue weighted by Crippen LogP contribution is 2.14. The van der Waals surface area contributed by atoms with Crippen molar-refractivity contribution in [2.24, 2.45) is 4.99 Å². The Bertz CT molecular complexity index is 866. The minimum Gasteiger partial charge on any atom is -0.497 e. The smallest absolute Gasteiger partial charge is 0.193 e. The van der Waals surface area contributed by atoms with Crippen LogP contribution in [-0.4, -0.2) is 52.3 Å². The third kappa shape index (κ3) is 5.99. The van der Waals surface area contributed by atoms with Gasteiger partial charge in [0.1, 0.15) is 5.75 Å². The molecule has 1 atom stereocenters. The lowest BCUT2D eigenvalue weighted by Gasteiger charge is -2.26. The average molecular weight is 404 g/mol. The molecule has 0 aliphatic carbocycles. The third-order valence-electron chi connectivity index (χ3n) is 4.50. The Hall–Kier alpha value is -2.54. The summed E-state index contributed by atoms with van der Waals surface area (Å²) in [6.07, 6.45) is 0.668. The van der Waals surface area contributed by atoms with Crippen molar-refractivity contribution >= 4 is 15.8 Å². The van der Waals surface area contributed by atoms with Crippen LogP contribution in [0.5, 0.6) is 5.75 Å². The van der Waals surface area contributed by atoms with Gasteiger partial charge in [-0.3, -0.25) is 4.99 Å². The number of nitrogens with one attached hydrogen (secondary N) is 1. The topological polar surface area (TPSA) is 71.0 Å². The van der Waals surface area contributed by atoms with Crippen LogP contribution in [0.15, 0.2) is 64.5 Å². The van der Waals surface area contributed by atoms with E-state index in [4.69, 9.17) is 4.74 Å². The molecule has 2 rings (SSSR count). The summed E-state index contributed by atoms with van der Waals surface area (Å²) in [4.78, 5) is 6.64.